The minimum atomic E-state index is -0.0119. The zero-order chi connectivity index (χ0) is 34.3. The highest BCUT2D eigenvalue weighted by molar-refractivity contribution is 6.31. The van der Waals surface area contributed by atoms with Gasteiger partial charge in [0.2, 0.25) is 0 Å². The SMILES string of the molecule is ClCCN(CCCl)c1ccc(CN2CCCN(Cc3ccc(N(CCCl)CCCl)cc3)C2c2ccc(N(CCCl)CCCl)cc2Cl)cc1. The molecule has 0 radical (unpaired) electrons. The minimum absolute atomic E-state index is 0.0119. The largest absolute Gasteiger partial charge is 0.369 e. The van der Waals surface area contributed by atoms with Crippen molar-refractivity contribution in [3.05, 3.63) is 88.4 Å². The van der Waals surface area contributed by atoms with Crippen LogP contribution in [0.2, 0.25) is 5.02 Å². The molecular formula is C36H46Cl7N5. The fraction of sp³-hybridized carbons (Fsp3) is 0.500. The second-order valence-electron chi connectivity index (χ2n) is 11.8. The molecule has 0 N–H and O–H groups in total. The molecule has 0 aliphatic carbocycles. The van der Waals surface area contributed by atoms with E-state index in [1.165, 1.54) is 11.1 Å². The Labute approximate surface area is 322 Å². The molecule has 1 saturated heterocycles. The number of alkyl halides is 6. The third kappa shape index (κ3) is 11.3. The van der Waals surface area contributed by atoms with Crippen LogP contribution in [0.1, 0.15) is 29.3 Å². The number of anilines is 3. The summed E-state index contributed by atoms with van der Waals surface area (Å²) in [6.07, 6.45) is 1.04. The highest BCUT2D eigenvalue weighted by Gasteiger charge is 2.32. The van der Waals surface area contributed by atoms with Crippen LogP contribution >= 0.6 is 81.2 Å². The van der Waals surface area contributed by atoms with Gasteiger partial charge >= 0.3 is 0 Å². The standard InChI is InChI=1S/C36H46Cl7N5/c37-12-20-44(21-13-38)31-6-2-29(3-7-31)27-47-18-1-19-48(28-30-4-8-32(9-5-30)45(22-14-39)23-15-40)36(47)34-11-10-33(26-35(34)43)46(24-16-41)25-17-42/h2-11,26,36H,1,12-25,27-28H2. The van der Waals surface area contributed by atoms with Gasteiger partial charge in [-0.1, -0.05) is 41.9 Å². The molecule has 264 valence electrons. The van der Waals surface area contributed by atoms with Gasteiger partial charge in [-0.3, -0.25) is 9.80 Å². The van der Waals surface area contributed by atoms with Crippen molar-refractivity contribution in [3.8, 4) is 0 Å². The number of nitrogens with zero attached hydrogens (tertiary/aromatic N) is 5. The molecule has 0 amide bonds. The Balaban J connectivity index is 1.63. The van der Waals surface area contributed by atoms with Gasteiger partial charge in [-0.15, -0.1) is 69.6 Å². The second kappa shape index (κ2) is 21.4. The van der Waals surface area contributed by atoms with E-state index in [0.29, 0.717) is 48.4 Å². The van der Waals surface area contributed by atoms with Crippen LogP contribution < -0.4 is 14.7 Å². The number of rotatable bonds is 20. The van der Waals surface area contributed by atoms with E-state index in [9.17, 15) is 0 Å². The fourth-order valence-corrected chi connectivity index (χ4v) is 7.91. The van der Waals surface area contributed by atoms with Gasteiger partial charge in [0.1, 0.15) is 0 Å². The Morgan fingerprint density at radius 3 is 1.21 bits per heavy atom. The van der Waals surface area contributed by atoms with Gasteiger partial charge in [0, 0.05) is 128 Å². The van der Waals surface area contributed by atoms with Crippen LogP contribution in [0.25, 0.3) is 0 Å². The maximum atomic E-state index is 7.17. The third-order valence-corrected chi connectivity index (χ3v) is 10.1. The molecule has 4 rings (SSSR count). The average Bonchev–Trinajstić information content (AvgIpc) is 3.09. The number of hydrogen-bond acceptors (Lipinski definition) is 5. The molecule has 3 aromatic rings. The highest BCUT2D eigenvalue weighted by atomic mass is 35.5. The molecule has 0 saturated carbocycles. The molecule has 1 fully saturated rings. The quantitative estimate of drug-likeness (QED) is 0.106. The van der Waals surface area contributed by atoms with Gasteiger partial charge in [-0.25, -0.2) is 0 Å². The van der Waals surface area contributed by atoms with Crippen molar-refractivity contribution in [2.75, 3.05) is 102 Å². The minimum Gasteiger partial charge on any atom is -0.369 e. The van der Waals surface area contributed by atoms with Crippen molar-refractivity contribution < 1.29 is 0 Å². The normalized spacial score (nSPS) is 14.4. The molecule has 1 aliphatic heterocycles. The van der Waals surface area contributed by atoms with Crippen LogP contribution in [0.15, 0.2) is 66.7 Å². The predicted octanol–water partition coefficient (Wildman–Crippen LogP) is 9.60. The van der Waals surface area contributed by atoms with E-state index in [1.807, 2.05) is 0 Å². The zero-order valence-corrected chi connectivity index (χ0v) is 32.6. The molecule has 0 atom stereocenters. The average molecular weight is 797 g/mol. The summed E-state index contributed by atoms with van der Waals surface area (Å²) in [7, 11) is 0. The van der Waals surface area contributed by atoms with Crippen molar-refractivity contribution in [2.24, 2.45) is 0 Å². The maximum Gasteiger partial charge on any atom is 0.0906 e. The first-order chi connectivity index (χ1) is 23.5. The van der Waals surface area contributed by atoms with Crippen LogP contribution in [0.3, 0.4) is 0 Å². The molecule has 3 aromatic carbocycles. The Kier molecular flexibility index (Phi) is 17.7. The molecular weight excluding hydrogens is 751 g/mol. The first-order valence-electron chi connectivity index (χ1n) is 16.5. The van der Waals surface area contributed by atoms with E-state index in [1.54, 1.807) is 0 Å². The fourth-order valence-electron chi connectivity index (χ4n) is 6.41. The first kappa shape index (κ1) is 39.8. The van der Waals surface area contributed by atoms with Crippen molar-refractivity contribution in [3.63, 3.8) is 0 Å². The molecule has 48 heavy (non-hydrogen) atoms. The lowest BCUT2D eigenvalue weighted by Crippen LogP contribution is -2.47. The van der Waals surface area contributed by atoms with E-state index in [-0.39, 0.29) is 6.17 Å². The van der Waals surface area contributed by atoms with E-state index < -0.39 is 0 Å². The molecule has 0 spiro atoms. The van der Waals surface area contributed by atoms with Crippen LogP contribution in [0, 0.1) is 0 Å². The van der Waals surface area contributed by atoms with Gasteiger partial charge in [0.05, 0.1) is 6.17 Å². The Morgan fingerprint density at radius 1 is 0.500 bits per heavy atom. The number of benzene rings is 3. The van der Waals surface area contributed by atoms with Crippen LogP contribution in [0.5, 0.6) is 0 Å². The van der Waals surface area contributed by atoms with Crippen molar-refractivity contribution >= 4 is 98.3 Å². The molecule has 0 unspecified atom stereocenters. The molecule has 1 aliphatic rings. The van der Waals surface area contributed by atoms with Gasteiger partial charge in [0.15, 0.2) is 0 Å². The summed E-state index contributed by atoms with van der Waals surface area (Å²) in [6, 6.07) is 24.0. The highest BCUT2D eigenvalue weighted by Crippen LogP contribution is 2.38. The molecule has 0 bridgehead atoms. The van der Waals surface area contributed by atoms with E-state index >= 15 is 0 Å². The van der Waals surface area contributed by atoms with Crippen molar-refractivity contribution in [1.29, 1.82) is 0 Å². The third-order valence-electron chi connectivity index (χ3n) is 8.71. The molecule has 1 heterocycles. The molecule has 0 aromatic heterocycles. The van der Waals surface area contributed by atoms with Gasteiger partial charge in [0.25, 0.3) is 0 Å². The maximum absolute atomic E-state index is 7.17. The van der Waals surface area contributed by atoms with Crippen LogP contribution in [0.4, 0.5) is 17.1 Å². The number of halogens is 7. The lowest BCUT2D eigenvalue weighted by atomic mass is 10.0. The van der Waals surface area contributed by atoms with Crippen LogP contribution in [-0.4, -0.2) is 97.4 Å². The lowest BCUT2D eigenvalue weighted by Gasteiger charge is -2.45. The Bertz CT molecular complexity index is 1260. The Morgan fingerprint density at radius 2 is 0.854 bits per heavy atom. The molecule has 12 heteroatoms. The zero-order valence-electron chi connectivity index (χ0n) is 27.3. The summed E-state index contributed by atoms with van der Waals surface area (Å²) in [5, 5.41) is 0.741. The summed E-state index contributed by atoms with van der Waals surface area (Å²) in [4.78, 5) is 11.7. The van der Waals surface area contributed by atoms with Gasteiger partial charge < -0.3 is 14.7 Å². The summed E-state index contributed by atoms with van der Waals surface area (Å²) in [6.45, 7) is 7.96. The van der Waals surface area contributed by atoms with Crippen molar-refractivity contribution in [2.45, 2.75) is 25.7 Å². The van der Waals surface area contributed by atoms with Gasteiger partial charge in [-0.2, -0.15) is 0 Å². The summed E-state index contributed by atoms with van der Waals surface area (Å²) in [5.41, 5.74) is 6.88. The number of hydrogen-bond donors (Lipinski definition) is 0. The smallest absolute Gasteiger partial charge is 0.0906 e. The summed E-state index contributed by atoms with van der Waals surface area (Å²) < 4.78 is 0. The summed E-state index contributed by atoms with van der Waals surface area (Å²) in [5.74, 6) is 3.26. The van der Waals surface area contributed by atoms with E-state index in [2.05, 4.69) is 91.2 Å². The summed E-state index contributed by atoms with van der Waals surface area (Å²) >= 11 is 43.7. The molecule has 5 nitrogen and oxygen atoms in total. The monoisotopic (exact) mass is 793 g/mol. The first-order valence-corrected chi connectivity index (χ1v) is 20.1. The van der Waals surface area contributed by atoms with Crippen molar-refractivity contribution in [1.82, 2.24) is 9.80 Å². The topological polar surface area (TPSA) is 16.2 Å². The predicted molar refractivity (Wildman–Crippen MR) is 213 cm³/mol. The van der Waals surface area contributed by atoms with E-state index in [0.717, 1.165) is 86.4 Å². The second-order valence-corrected chi connectivity index (χ2v) is 14.5. The van der Waals surface area contributed by atoms with Gasteiger partial charge in [-0.05, 0) is 53.9 Å². The van der Waals surface area contributed by atoms with Crippen LogP contribution in [-0.2, 0) is 13.1 Å². The van der Waals surface area contributed by atoms with E-state index in [4.69, 9.17) is 81.2 Å². The lowest BCUT2D eigenvalue weighted by molar-refractivity contribution is -0.00902. The Hall–Kier alpha value is -0.990.